The normalized spacial score (nSPS) is 27.5. The van der Waals surface area contributed by atoms with Crippen LogP contribution in [0.25, 0.3) is 0 Å². The number of rotatable bonds is 7. The van der Waals surface area contributed by atoms with Gasteiger partial charge < -0.3 is 10.1 Å². The second kappa shape index (κ2) is 7.49. The Bertz CT molecular complexity index is 512. The van der Waals surface area contributed by atoms with E-state index in [9.17, 15) is 13.2 Å². The van der Waals surface area contributed by atoms with Crippen LogP contribution in [0.3, 0.4) is 0 Å². The van der Waals surface area contributed by atoms with Gasteiger partial charge in [-0.2, -0.15) is 0 Å². The highest BCUT2D eigenvalue weighted by Crippen LogP contribution is 2.21. The van der Waals surface area contributed by atoms with Gasteiger partial charge in [-0.25, -0.2) is 8.42 Å². The molecule has 2 atom stereocenters. The molecular weight excluding hydrogens is 316 g/mol. The summed E-state index contributed by atoms with van der Waals surface area (Å²) >= 11 is 0. The minimum Gasteiger partial charge on any atom is -0.377 e. The maximum Gasteiger partial charge on any atom is 0.234 e. The van der Waals surface area contributed by atoms with Crippen molar-refractivity contribution in [2.45, 2.75) is 64.1 Å². The van der Waals surface area contributed by atoms with E-state index in [4.69, 9.17) is 4.74 Å². The van der Waals surface area contributed by atoms with Crippen LogP contribution in [0.5, 0.6) is 0 Å². The Labute approximate surface area is 139 Å². The molecule has 1 amide bonds. The van der Waals surface area contributed by atoms with Gasteiger partial charge in [0.05, 0.1) is 24.2 Å². The topological polar surface area (TPSA) is 75.7 Å². The average molecular weight is 346 g/mol. The lowest BCUT2D eigenvalue weighted by molar-refractivity contribution is -0.124. The molecule has 0 aliphatic carbocycles. The number of carbonyl (C=O) groups is 1. The molecule has 0 aromatic carbocycles. The van der Waals surface area contributed by atoms with Gasteiger partial charge in [-0.15, -0.1) is 0 Å². The van der Waals surface area contributed by atoms with Gasteiger partial charge in [-0.05, 0) is 39.5 Å². The fourth-order valence-electron chi connectivity index (χ4n) is 3.15. The van der Waals surface area contributed by atoms with Crippen LogP contribution in [0.2, 0.25) is 0 Å². The number of sulfone groups is 1. The van der Waals surface area contributed by atoms with E-state index in [1.165, 1.54) is 0 Å². The highest BCUT2D eigenvalue weighted by atomic mass is 32.2. The second-order valence-corrected chi connectivity index (χ2v) is 9.64. The number of ether oxygens (including phenoxy) is 1. The lowest BCUT2D eigenvalue weighted by Crippen LogP contribution is -2.51. The zero-order valence-electron chi connectivity index (χ0n) is 14.5. The predicted octanol–water partition coefficient (Wildman–Crippen LogP) is 0.959. The Kier molecular flexibility index (Phi) is 6.08. The lowest BCUT2D eigenvalue weighted by atomic mass is 10.0. The third-order valence-corrected chi connectivity index (χ3v) is 6.65. The molecule has 0 bridgehead atoms. The molecule has 2 rings (SSSR count). The summed E-state index contributed by atoms with van der Waals surface area (Å²) in [6.45, 7) is 7.67. The maximum absolute atomic E-state index is 12.4. The van der Waals surface area contributed by atoms with Crippen molar-refractivity contribution in [2.75, 3.05) is 31.2 Å². The van der Waals surface area contributed by atoms with Crippen LogP contribution >= 0.6 is 0 Å². The monoisotopic (exact) mass is 346 g/mol. The van der Waals surface area contributed by atoms with Crippen molar-refractivity contribution in [1.29, 1.82) is 0 Å². The van der Waals surface area contributed by atoms with Gasteiger partial charge in [-0.1, -0.05) is 6.92 Å². The SMILES string of the molecule is CCC(C)(C)NC(=O)CN(C[C@H]1CCCO1)[C@@H]1CCS(=O)(=O)C1. The van der Waals surface area contributed by atoms with E-state index in [0.717, 1.165) is 25.9 Å². The summed E-state index contributed by atoms with van der Waals surface area (Å²) in [6, 6.07) is -0.0697. The maximum atomic E-state index is 12.4. The van der Waals surface area contributed by atoms with Gasteiger partial charge in [0.15, 0.2) is 9.84 Å². The van der Waals surface area contributed by atoms with Crippen molar-refractivity contribution in [2.24, 2.45) is 0 Å². The number of carbonyl (C=O) groups excluding carboxylic acids is 1. The minimum atomic E-state index is -2.96. The molecule has 0 aromatic rings. The average Bonchev–Trinajstić information content (AvgIpc) is 3.06. The summed E-state index contributed by atoms with van der Waals surface area (Å²) in [5, 5.41) is 3.03. The summed E-state index contributed by atoms with van der Waals surface area (Å²) < 4.78 is 29.2. The van der Waals surface area contributed by atoms with Crippen molar-refractivity contribution in [3.05, 3.63) is 0 Å². The third kappa shape index (κ3) is 5.72. The van der Waals surface area contributed by atoms with Crippen LogP contribution < -0.4 is 5.32 Å². The van der Waals surface area contributed by atoms with Crippen LogP contribution in [0.4, 0.5) is 0 Å². The smallest absolute Gasteiger partial charge is 0.234 e. The molecule has 1 N–H and O–H groups in total. The minimum absolute atomic E-state index is 0.0425. The van der Waals surface area contributed by atoms with Crippen LogP contribution in [0.1, 0.15) is 46.5 Å². The first-order chi connectivity index (χ1) is 10.7. The van der Waals surface area contributed by atoms with E-state index in [0.29, 0.717) is 13.0 Å². The number of nitrogens with one attached hydrogen (secondary N) is 1. The Morgan fingerprint density at radius 1 is 1.35 bits per heavy atom. The van der Waals surface area contributed by atoms with E-state index >= 15 is 0 Å². The first kappa shape index (κ1) is 18.7. The van der Waals surface area contributed by atoms with Crippen LogP contribution in [-0.4, -0.2) is 68.1 Å². The van der Waals surface area contributed by atoms with Crippen molar-refractivity contribution < 1.29 is 17.9 Å². The Balaban J connectivity index is 1.99. The Morgan fingerprint density at radius 2 is 2.09 bits per heavy atom. The molecule has 2 aliphatic rings. The summed E-state index contributed by atoms with van der Waals surface area (Å²) in [7, 11) is -2.96. The fourth-order valence-corrected chi connectivity index (χ4v) is 4.91. The molecule has 7 heteroatoms. The summed E-state index contributed by atoms with van der Waals surface area (Å²) in [5.41, 5.74) is -0.242. The van der Waals surface area contributed by atoms with Gasteiger partial charge in [0, 0.05) is 24.7 Å². The molecule has 6 nitrogen and oxygen atoms in total. The molecule has 2 fully saturated rings. The summed E-state index contributed by atoms with van der Waals surface area (Å²) in [4.78, 5) is 14.4. The molecule has 23 heavy (non-hydrogen) atoms. The van der Waals surface area contributed by atoms with Gasteiger partial charge in [0.2, 0.25) is 5.91 Å². The number of hydrogen-bond donors (Lipinski definition) is 1. The van der Waals surface area contributed by atoms with Crippen LogP contribution in [0.15, 0.2) is 0 Å². The zero-order valence-corrected chi connectivity index (χ0v) is 15.3. The van der Waals surface area contributed by atoms with Crippen molar-refractivity contribution in [3.8, 4) is 0 Å². The van der Waals surface area contributed by atoms with Crippen molar-refractivity contribution in [3.63, 3.8) is 0 Å². The molecule has 0 radical (unpaired) electrons. The fraction of sp³-hybridized carbons (Fsp3) is 0.938. The molecule has 2 heterocycles. The largest absolute Gasteiger partial charge is 0.377 e. The molecule has 134 valence electrons. The number of amides is 1. The Morgan fingerprint density at radius 3 is 2.61 bits per heavy atom. The highest BCUT2D eigenvalue weighted by Gasteiger charge is 2.35. The molecule has 0 unspecified atom stereocenters. The Hall–Kier alpha value is -0.660. The molecular formula is C16H30N2O4S. The third-order valence-electron chi connectivity index (χ3n) is 4.90. The van der Waals surface area contributed by atoms with Crippen molar-refractivity contribution >= 4 is 15.7 Å². The first-order valence-corrected chi connectivity index (χ1v) is 10.4. The zero-order chi connectivity index (χ0) is 17.1. The summed E-state index contributed by atoms with van der Waals surface area (Å²) in [5.74, 6) is 0.338. The quantitative estimate of drug-likeness (QED) is 0.743. The number of nitrogens with zero attached hydrogens (tertiary/aromatic N) is 1. The van der Waals surface area contributed by atoms with E-state index < -0.39 is 9.84 Å². The van der Waals surface area contributed by atoms with Gasteiger partial charge >= 0.3 is 0 Å². The molecule has 2 aliphatic heterocycles. The van der Waals surface area contributed by atoms with Crippen LogP contribution in [-0.2, 0) is 19.4 Å². The summed E-state index contributed by atoms with van der Waals surface area (Å²) in [6.07, 6.45) is 3.60. The predicted molar refractivity (Wildman–Crippen MR) is 90.1 cm³/mol. The first-order valence-electron chi connectivity index (χ1n) is 8.58. The van der Waals surface area contributed by atoms with E-state index in [1.54, 1.807) is 0 Å². The number of hydrogen-bond acceptors (Lipinski definition) is 5. The molecule has 0 aromatic heterocycles. The van der Waals surface area contributed by atoms with E-state index in [-0.39, 0.29) is 41.6 Å². The van der Waals surface area contributed by atoms with Gasteiger partial charge in [0.25, 0.3) is 0 Å². The van der Waals surface area contributed by atoms with Gasteiger partial charge in [0.1, 0.15) is 0 Å². The lowest BCUT2D eigenvalue weighted by Gasteiger charge is -2.32. The highest BCUT2D eigenvalue weighted by molar-refractivity contribution is 7.91. The second-order valence-electron chi connectivity index (χ2n) is 7.41. The van der Waals surface area contributed by atoms with Crippen LogP contribution in [0, 0.1) is 0 Å². The standard InChI is InChI=1S/C16H30N2O4S/c1-4-16(2,3)17-15(19)11-18(10-14-6-5-8-22-14)13-7-9-23(20,21)12-13/h13-14H,4-12H2,1-3H3,(H,17,19)/t13-,14-/m1/s1. The van der Waals surface area contributed by atoms with E-state index in [1.807, 2.05) is 25.7 Å². The molecule has 0 spiro atoms. The van der Waals surface area contributed by atoms with Crippen molar-refractivity contribution in [1.82, 2.24) is 10.2 Å². The molecule has 0 saturated carbocycles. The molecule has 2 saturated heterocycles. The van der Waals surface area contributed by atoms with Gasteiger partial charge in [-0.3, -0.25) is 9.69 Å². The van der Waals surface area contributed by atoms with E-state index in [2.05, 4.69) is 5.32 Å².